The molecule has 13 heteroatoms. The van der Waals surface area contributed by atoms with Crippen LogP contribution in [0, 0.1) is 5.82 Å². The zero-order valence-electron chi connectivity index (χ0n) is 21.1. The van der Waals surface area contributed by atoms with Crippen molar-refractivity contribution in [3.8, 4) is 0 Å². The molecule has 38 heavy (non-hydrogen) atoms. The van der Waals surface area contributed by atoms with E-state index in [1.807, 2.05) is 13.0 Å². The fraction of sp³-hybridized carbons (Fsp3) is 0.320. The minimum absolute atomic E-state index is 0.0339. The Labute approximate surface area is 229 Å². The average Bonchev–Trinajstić information content (AvgIpc) is 2.89. The van der Waals surface area contributed by atoms with Crippen LogP contribution in [0.5, 0.6) is 0 Å². The summed E-state index contributed by atoms with van der Waals surface area (Å²) < 4.78 is 23.4. The van der Waals surface area contributed by atoms with E-state index in [-0.39, 0.29) is 29.4 Å². The number of carbonyl (C=O) groups is 2. The number of amidine groups is 1. The van der Waals surface area contributed by atoms with E-state index < -0.39 is 36.0 Å². The van der Waals surface area contributed by atoms with E-state index >= 15 is 0 Å². The average molecular weight is 569 g/mol. The van der Waals surface area contributed by atoms with Crippen molar-refractivity contribution in [1.29, 1.82) is 0 Å². The number of hydrogen-bond acceptors (Lipinski definition) is 11. The van der Waals surface area contributed by atoms with Crippen LogP contribution in [0.15, 0.2) is 69.7 Å². The molecule has 1 aromatic rings. The zero-order valence-corrected chi connectivity index (χ0v) is 22.6. The summed E-state index contributed by atoms with van der Waals surface area (Å²) >= 11 is 7.61. The van der Waals surface area contributed by atoms with Gasteiger partial charge in [-0.3, -0.25) is 4.99 Å². The number of esters is 2. The number of aliphatic hydroxyl groups excluding tert-OH is 2. The van der Waals surface area contributed by atoms with Crippen LogP contribution in [0.4, 0.5) is 4.39 Å². The smallest absolute Gasteiger partial charge is 0.338 e. The second-order valence-corrected chi connectivity index (χ2v) is 9.17. The largest absolute Gasteiger partial charge is 0.466 e. The van der Waals surface area contributed by atoms with Crippen molar-refractivity contribution < 1.29 is 33.7 Å². The lowest BCUT2D eigenvalue weighted by molar-refractivity contribution is -0.157. The van der Waals surface area contributed by atoms with Crippen LogP contribution in [0.1, 0.15) is 25.5 Å². The van der Waals surface area contributed by atoms with Gasteiger partial charge in [0, 0.05) is 21.7 Å². The Kier molecular flexibility index (Phi) is 12.0. The summed E-state index contributed by atoms with van der Waals surface area (Å²) in [5.41, 5.74) is 0.674. The number of nitrogens with two attached hydrogens (primary N) is 1. The van der Waals surface area contributed by atoms with Crippen LogP contribution in [0.2, 0.25) is 5.02 Å². The van der Waals surface area contributed by atoms with E-state index in [0.29, 0.717) is 16.3 Å². The van der Waals surface area contributed by atoms with Gasteiger partial charge in [0.2, 0.25) is 0 Å². The van der Waals surface area contributed by atoms with Crippen LogP contribution >= 0.6 is 23.4 Å². The minimum atomic E-state index is -1.81. The van der Waals surface area contributed by atoms with Crippen molar-refractivity contribution in [2.75, 3.05) is 20.3 Å². The summed E-state index contributed by atoms with van der Waals surface area (Å²) in [6.45, 7) is 7.31. The highest BCUT2D eigenvalue weighted by molar-refractivity contribution is 8.06. The maximum atomic E-state index is 13.8. The van der Waals surface area contributed by atoms with Gasteiger partial charge in [-0.05, 0) is 37.5 Å². The lowest BCUT2D eigenvalue weighted by Gasteiger charge is -2.30. The molecule has 0 saturated heterocycles. The van der Waals surface area contributed by atoms with Crippen LogP contribution in [0.3, 0.4) is 0 Å². The maximum Gasteiger partial charge on any atom is 0.338 e. The summed E-state index contributed by atoms with van der Waals surface area (Å²) in [6.07, 6.45) is 0.701. The molecule has 1 aliphatic heterocycles. The lowest BCUT2D eigenvalue weighted by Crippen LogP contribution is -2.40. The molecule has 1 aromatic carbocycles. The summed E-state index contributed by atoms with van der Waals surface area (Å²) in [6, 6.07) is 2.74. The van der Waals surface area contributed by atoms with Gasteiger partial charge in [0.1, 0.15) is 23.8 Å². The Hall–Kier alpha value is -3.16. The Balaban J connectivity index is 2.48. The number of aliphatic hydroxyl groups is 2. The third kappa shape index (κ3) is 8.17. The Morgan fingerprint density at radius 2 is 2.13 bits per heavy atom. The van der Waals surface area contributed by atoms with E-state index in [1.54, 1.807) is 12.3 Å². The molecule has 0 aliphatic carbocycles. The van der Waals surface area contributed by atoms with Crippen LogP contribution in [-0.4, -0.2) is 65.5 Å². The first kappa shape index (κ1) is 31.1. The molecule has 1 aliphatic rings. The van der Waals surface area contributed by atoms with Gasteiger partial charge in [-0.2, -0.15) is 0 Å². The predicted octanol–water partition coefficient (Wildman–Crippen LogP) is 2.70. The molecule has 0 radical (unpaired) electrons. The first-order chi connectivity index (χ1) is 18.0. The molecule has 0 spiro atoms. The Morgan fingerprint density at radius 3 is 2.74 bits per heavy atom. The van der Waals surface area contributed by atoms with Crippen LogP contribution in [-0.2, 0) is 19.1 Å². The molecule has 2 unspecified atom stereocenters. The van der Waals surface area contributed by atoms with E-state index in [0.717, 1.165) is 17.2 Å². The number of allylic oxidation sites excluding steroid dienone is 1. The number of halogens is 2. The molecule has 206 valence electrons. The zero-order chi connectivity index (χ0) is 28.4. The molecule has 0 fully saturated rings. The molecule has 3 atom stereocenters. The van der Waals surface area contributed by atoms with Crippen molar-refractivity contribution in [3.05, 3.63) is 81.1 Å². The lowest BCUT2D eigenvalue weighted by atomic mass is 9.95. The Bertz CT molecular complexity index is 1170. The Morgan fingerprint density at radius 1 is 1.42 bits per heavy atom. The minimum Gasteiger partial charge on any atom is -0.466 e. The predicted molar refractivity (Wildman–Crippen MR) is 144 cm³/mol. The second kappa shape index (κ2) is 14.7. The van der Waals surface area contributed by atoms with E-state index in [9.17, 15) is 24.2 Å². The van der Waals surface area contributed by atoms with Crippen molar-refractivity contribution in [3.63, 3.8) is 0 Å². The third-order valence-corrected chi connectivity index (χ3v) is 6.28. The van der Waals surface area contributed by atoms with Crippen LogP contribution in [0.25, 0.3) is 0 Å². The van der Waals surface area contributed by atoms with Crippen molar-refractivity contribution in [2.45, 2.75) is 32.1 Å². The number of ether oxygens (including phenoxy) is 2. The summed E-state index contributed by atoms with van der Waals surface area (Å²) in [7, 11) is 1.20. The first-order valence-electron chi connectivity index (χ1n) is 11.3. The number of rotatable bonds is 12. The normalized spacial score (nSPS) is 17.2. The number of nitrogens with one attached hydrogen (secondary N) is 1. The van der Waals surface area contributed by atoms with Crippen LogP contribution < -0.4 is 11.2 Å². The highest BCUT2D eigenvalue weighted by Gasteiger charge is 2.34. The monoisotopic (exact) mass is 568 g/mol. The molecule has 0 bridgehead atoms. The van der Waals surface area contributed by atoms with Gasteiger partial charge in [-0.1, -0.05) is 42.1 Å². The molecule has 0 aromatic heterocycles. The molecular formula is C25H30ClFN4O6S. The van der Waals surface area contributed by atoms with Gasteiger partial charge in [0.15, 0.2) is 6.10 Å². The summed E-state index contributed by atoms with van der Waals surface area (Å²) in [4.78, 5) is 29.7. The van der Waals surface area contributed by atoms with Gasteiger partial charge in [0.05, 0.1) is 31.5 Å². The fourth-order valence-electron chi connectivity index (χ4n) is 3.27. The number of methoxy groups -OCH3 is 1. The fourth-order valence-corrected chi connectivity index (χ4v) is 4.06. The molecular weight excluding hydrogens is 539 g/mol. The van der Waals surface area contributed by atoms with Crippen molar-refractivity contribution >= 4 is 41.1 Å². The van der Waals surface area contributed by atoms with Crippen molar-refractivity contribution in [1.82, 2.24) is 10.3 Å². The molecule has 1 heterocycles. The number of nitrogens with zero attached hydrogens (tertiary/aromatic N) is 2. The van der Waals surface area contributed by atoms with Crippen molar-refractivity contribution in [2.24, 2.45) is 10.8 Å². The molecule has 0 amide bonds. The number of aliphatic imine (C=N–C) groups is 1. The van der Waals surface area contributed by atoms with E-state index in [2.05, 4.69) is 21.6 Å². The number of benzene rings is 1. The topological polar surface area (TPSA) is 147 Å². The standard InChI is InChI=1S/C25H30ClFN4O6S/c1-5-11-38-14(3)23-29-18(13-31(28)10-9-19(32)22(33)25(35)37-6-2)20(24(34)36-4)21(30-23)16-8-7-15(27)12-17(16)26/h5,7-12,19,21-22,32-33H,3,6,13,28H2,1-2,4H3,(H,29,30)/b10-9+,11-5-/t19?,21-,22?/m0/s1. The number of thioether (sulfide) groups is 1. The maximum absolute atomic E-state index is 13.8. The summed E-state index contributed by atoms with van der Waals surface area (Å²) in [5.74, 6) is 4.12. The SMILES string of the molecule is C=C(S/C=C\C)C1=N[C@@H](c2ccc(F)cc2Cl)C(C(=O)OC)=C(CN(N)/C=C/C(O)C(O)C(=O)OCC)N1. The van der Waals surface area contributed by atoms with E-state index in [1.165, 1.54) is 37.2 Å². The highest BCUT2D eigenvalue weighted by Crippen LogP contribution is 2.37. The molecule has 2 rings (SSSR count). The molecule has 0 saturated carbocycles. The molecule has 5 N–H and O–H groups in total. The third-order valence-electron chi connectivity index (χ3n) is 5.07. The second-order valence-electron chi connectivity index (χ2n) is 7.77. The first-order valence-corrected chi connectivity index (χ1v) is 12.6. The van der Waals surface area contributed by atoms with E-state index in [4.69, 9.17) is 22.2 Å². The van der Waals surface area contributed by atoms with Gasteiger partial charge in [-0.25, -0.2) is 19.8 Å². The number of carbonyl (C=O) groups excluding carboxylic acids is 2. The number of hydrazine groups is 1. The van der Waals surface area contributed by atoms with Gasteiger partial charge >= 0.3 is 11.9 Å². The highest BCUT2D eigenvalue weighted by atomic mass is 35.5. The quantitative estimate of drug-likeness (QED) is 0.168. The van der Waals surface area contributed by atoms with Gasteiger partial charge < -0.3 is 30.0 Å². The summed E-state index contributed by atoms with van der Waals surface area (Å²) in [5, 5.41) is 26.0. The van der Waals surface area contributed by atoms with Gasteiger partial charge in [-0.15, -0.1) is 0 Å². The number of hydrogen-bond donors (Lipinski definition) is 4. The van der Waals surface area contributed by atoms with Gasteiger partial charge in [0.25, 0.3) is 0 Å². The molecule has 10 nitrogen and oxygen atoms in total.